The van der Waals surface area contributed by atoms with Gasteiger partial charge in [-0.2, -0.15) is 0 Å². The number of carbonyl (C=O) groups excluding carboxylic acids is 3. The van der Waals surface area contributed by atoms with Crippen molar-refractivity contribution in [1.82, 2.24) is 14.9 Å². The molecule has 9 heteroatoms. The normalized spacial score (nSPS) is 12.8. The molecule has 2 aromatic heterocycles. The highest BCUT2D eigenvalue weighted by Gasteiger charge is 2.34. The van der Waals surface area contributed by atoms with Gasteiger partial charge in [-0.1, -0.05) is 0 Å². The van der Waals surface area contributed by atoms with E-state index < -0.39 is 6.03 Å². The maximum absolute atomic E-state index is 12.1. The smallest absolute Gasteiger partial charge is 0.329 e. The zero-order valence-electron chi connectivity index (χ0n) is 14.9. The summed E-state index contributed by atoms with van der Waals surface area (Å²) in [7, 11) is 1.45. The first kappa shape index (κ1) is 18.3. The van der Waals surface area contributed by atoms with Crippen molar-refractivity contribution in [1.29, 1.82) is 0 Å². The molecule has 27 heavy (non-hydrogen) atoms. The lowest BCUT2D eigenvalue weighted by Gasteiger charge is -2.15. The van der Waals surface area contributed by atoms with Crippen LogP contribution in [-0.4, -0.2) is 39.8 Å². The maximum atomic E-state index is 12.1. The lowest BCUT2D eigenvalue weighted by molar-refractivity contribution is -0.128. The van der Waals surface area contributed by atoms with E-state index in [4.69, 9.17) is 4.74 Å². The SMILES string of the molecule is CC(=O)Nc1cc(Oc2ccc(NC(=O)N(C)C(=O)C3CC3)nc2)ccn1. The van der Waals surface area contributed by atoms with E-state index >= 15 is 0 Å². The fraction of sp³-hybridized carbons (Fsp3) is 0.278. The Balaban J connectivity index is 1.59. The van der Waals surface area contributed by atoms with Gasteiger partial charge in [-0.15, -0.1) is 0 Å². The average Bonchev–Trinajstić information content (AvgIpc) is 3.47. The summed E-state index contributed by atoms with van der Waals surface area (Å²) in [5.41, 5.74) is 0. The van der Waals surface area contributed by atoms with Gasteiger partial charge in [0.05, 0.1) is 6.20 Å². The zero-order valence-corrected chi connectivity index (χ0v) is 14.9. The first-order chi connectivity index (χ1) is 12.9. The molecule has 1 aliphatic carbocycles. The van der Waals surface area contributed by atoms with Crippen LogP contribution in [0.4, 0.5) is 16.4 Å². The topological polar surface area (TPSA) is 114 Å². The van der Waals surface area contributed by atoms with Crippen molar-refractivity contribution in [2.75, 3.05) is 17.7 Å². The summed E-state index contributed by atoms with van der Waals surface area (Å²) in [5, 5.41) is 5.14. The van der Waals surface area contributed by atoms with Crippen molar-refractivity contribution in [2.24, 2.45) is 5.92 Å². The molecular formula is C18H19N5O4. The summed E-state index contributed by atoms with van der Waals surface area (Å²) in [5.74, 6) is 1.15. The van der Waals surface area contributed by atoms with Crippen molar-refractivity contribution < 1.29 is 19.1 Å². The van der Waals surface area contributed by atoms with Crippen LogP contribution in [-0.2, 0) is 9.59 Å². The van der Waals surface area contributed by atoms with Crippen molar-refractivity contribution in [3.63, 3.8) is 0 Å². The minimum Gasteiger partial charge on any atom is -0.456 e. The number of amides is 4. The third kappa shape index (κ3) is 5.00. The van der Waals surface area contributed by atoms with Crippen molar-refractivity contribution in [3.8, 4) is 11.5 Å². The van der Waals surface area contributed by atoms with Gasteiger partial charge in [0.1, 0.15) is 23.1 Å². The van der Waals surface area contributed by atoms with Gasteiger partial charge in [0.15, 0.2) is 0 Å². The summed E-state index contributed by atoms with van der Waals surface area (Å²) in [6.07, 6.45) is 4.62. The van der Waals surface area contributed by atoms with Crippen LogP contribution in [0.25, 0.3) is 0 Å². The summed E-state index contributed by atoms with van der Waals surface area (Å²) in [6, 6.07) is 5.89. The second-order valence-corrected chi connectivity index (χ2v) is 6.14. The molecule has 3 rings (SSSR count). The number of hydrogen-bond donors (Lipinski definition) is 2. The van der Waals surface area contributed by atoms with Gasteiger partial charge < -0.3 is 10.1 Å². The van der Waals surface area contributed by atoms with Gasteiger partial charge in [-0.25, -0.2) is 14.8 Å². The number of pyridine rings is 2. The molecule has 2 aromatic rings. The lowest BCUT2D eigenvalue weighted by Crippen LogP contribution is -2.37. The quantitative estimate of drug-likeness (QED) is 0.837. The highest BCUT2D eigenvalue weighted by Crippen LogP contribution is 2.30. The Morgan fingerprint density at radius 1 is 1.07 bits per heavy atom. The molecule has 0 bridgehead atoms. The second-order valence-electron chi connectivity index (χ2n) is 6.14. The molecule has 0 radical (unpaired) electrons. The molecule has 9 nitrogen and oxygen atoms in total. The minimum absolute atomic E-state index is 0.0350. The number of aromatic nitrogens is 2. The number of imide groups is 1. The van der Waals surface area contributed by atoms with E-state index in [1.54, 1.807) is 24.3 Å². The molecule has 4 amide bonds. The number of hydrogen-bond acceptors (Lipinski definition) is 6. The Kier molecular flexibility index (Phi) is 5.30. The first-order valence-corrected chi connectivity index (χ1v) is 8.38. The van der Waals surface area contributed by atoms with Crippen molar-refractivity contribution in [2.45, 2.75) is 19.8 Å². The predicted molar refractivity (Wildman–Crippen MR) is 97.4 cm³/mol. The van der Waals surface area contributed by atoms with Crippen LogP contribution in [0, 0.1) is 5.92 Å². The van der Waals surface area contributed by atoms with Gasteiger partial charge in [0, 0.05) is 32.2 Å². The van der Waals surface area contributed by atoms with Crippen LogP contribution in [0.1, 0.15) is 19.8 Å². The van der Waals surface area contributed by atoms with Crippen molar-refractivity contribution in [3.05, 3.63) is 36.7 Å². The van der Waals surface area contributed by atoms with Crippen LogP contribution in [0.3, 0.4) is 0 Å². The Morgan fingerprint density at radius 3 is 2.48 bits per heavy atom. The molecule has 1 aliphatic rings. The molecule has 0 unspecified atom stereocenters. The van der Waals surface area contributed by atoms with Crippen LogP contribution in [0.5, 0.6) is 11.5 Å². The third-order valence-corrected chi connectivity index (χ3v) is 3.80. The molecule has 2 heterocycles. The van der Waals surface area contributed by atoms with Crippen LogP contribution >= 0.6 is 0 Å². The molecule has 0 atom stereocenters. The molecule has 1 saturated carbocycles. The molecular weight excluding hydrogens is 350 g/mol. The predicted octanol–water partition coefficient (Wildman–Crippen LogP) is 2.63. The summed E-state index contributed by atoms with van der Waals surface area (Å²) in [6.45, 7) is 1.39. The van der Waals surface area contributed by atoms with Crippen LogP contribution in [0.2, 0.25) is 0 Å². The number of nitrogens with zero attached hydrogens (tertiary/aromatic N) is 3. The molecule has 1 fully saturated rings. The van der Waals surface area contributed by atoms with E-state index in [9.17, 15) is 14.4 Å². The third-order valence-electron chi connectivity index (χ3n) is 3.80. The van der Waals surface area contributed by atoms with E-state index in [1.165, 1.54) is 26.4 Å². The number of rotatable bonds is 5. The molecule has 0 saturated heterocycles. The molecule has 2 N–H and O–H groups in total. The van der Waals surface area contributed by atoms with Gasteiger partial charge in [-0.3, -0.25) is 19.8 Å². The van der Waals surface area contributed by atoms with Gasteiger partial charge in [0.25, 0.3) is 0 Å². The highest BCUT2D eigenvalue weighted by molar-refractivity contribution is 6.01. The minimum atomic E-state index is -0.526. The maximum Gasteiger partial charge on any atom is 0.329 e. The Labute approximate surface area is 155 Å². The number of anilines is 2. The monoisotopic (exact) mass is 369 g/mol. The van der Waals surface area contributed by atoms with E-state index in [2.05, 4.69) is 20.6 Å². The van der Waals surface area contributed by atoms with Crippen molar-refractivity contribution >= 4 is 29.5 Å². The van der Waals surface area contributed by atoms with Gasteiger partial charge in [0.2, 0.25) is 11.8 Å². The molecule has 0 aromatic carbocycles. The molecule has 0 aliphatic heterocycles. The fourth-order valence-electron chi connectivity index (χ4n) is 2.27. The molecule has 0 spiro atoms. The highest BCUT2D eigenvalue weighted by atomic mass is 16.5. The van der Waals surface area contributed by atoms with E-state index in [0.717, 1.165) is 17.7 Å². The zero-order chi connectivity index (χ0) is 19.4. The Hall–Kier alpha value is -3.49. The molecule has 140 valence electrons. The van der Waals surface area contributed by atoms with E-state index in [0.29, 0.717) is 23.1 Å². The number of ether oxygens (including phenoxy) is 1. The van der Waals surface area contributed by atoms with Crippen LogP contribution < -0.4 is 15.4 Å². The van der Waals surface area contributed by atoms with E-state index in [1.807, 2.05) is 0 Å². The van der Waals surface area contributed by atoms with Crippen LogP contribution in [0.15, 0.2) is 36.7 Å². The first-order valence-electron chi connectivity index (χ1n) is 8.38. The number of carbonyl (C=O) groups is 3. The standard InChI is InChI=1S/C18H19N5O4/c1-11(24)21-16-9-13(7-8-19-16)27-14-5-6-15(20-10-14)22-18(26)23(2)17(25)12-3-4-12/h5-10,12H,3-4H2,1-2H3,(H,19,21,24)(H,20,22,26). The second kappa shape index (κ2) is 7.81. The number of nitrogens with one attached hydrogen (secondary N) is 2. The van der Waals surface area contributed by atoms with Gasteiger partial charge in [-0.05, 0) is 31.0 Å². The fourth-order valence-corrected chi connectivity index (χ4v) is 2.27. The van der Waals surface area contributed by atoms with Gasteiger partial charge >= 0.3 is 6.03 Å². The lowest BCUT2D eigenvalue weighted by atomic mass is 10.3. The number of urea groups is 1. The largest absolute Gasteiger partial charge is 0.456 e. The summed E-state index contributed by atoms with van der Waals surface area (Å²) >= 11 is 0. The van der Waals surface area contributed by atoms with E-state index in [-0.39, 0.29) is 17.7 Å². The summed E-state index contributed by atoms with van der Waals surface area (Å²) in [4.78, 5) is 44.2. The Bertz CT molecular complexity index is 864. The average molecular weight is 369 g/mol. The Morgan fingerprint density at radius 2 is 1.85 bits per heavy atom. The summed E-state index contributed by atoms with van der Waals surface area (Å²) < 4.78 is 5.65.